The molecule has 2 heterocycles. The van der Waals surface area contributed by atoms with Crippen LogP contribution in [0.15, 0.2) is 36.5 Å². The first-order valence-corrected chi connectivity index (χ1v) is 26.7. The summed E-state index contributed by atoms with van der Waals surface area (Å²) in [4.78, 5) is 13.1. The number of rotatable bonds is 41. The zero-order chi connectivity index (χ0) is 48.9. The van der Waals surface area contributed by atoms with Crippen LogP contribution in [0.1, 0.15) is 200 Å². The van der Waals surface area contributed by atoms with Crippen LogP contribution in [0.3, 0.4) is 0 Å². The molecular weight excluding hydrogens is 859 g/mol. The second-order valence-electron chi connectivity index (χ2n) is 19.0. The Morgan fingerprint density at radius 3 is 1.49 bits per heavy atom. The van der Waals surface area contributed by atoms with Crippen LogP contribution in [0.5, 0.6) is 0 Å². The Morgan fingerprint density at radius 1 is 0.537 bits per heavy atom. The highest BCUT2D eigenvalue weighted by atomic mass is 16.7. The molecule has 0 radical (unpaired) electrons. The van der Waals surface area contributed by atoms with Crippen LogP contribution < -0.4 is 5.32 Å². The van der Waals surface area contributed by atoms with Gasteiger partial charge in [0.2, 0.25) is 5.91 Å². The molecule has 0 aromatic heterocycles. The lowest BCUT2D eigenvalue weighted by molar-refractivity contribution is -0.359. The number of aliphatic hydroxyl groups is 8. The normalized spacial score (nSPS) is 26.8. The summed E-state index contributed by atoms with van der Waals surface area (Å²) >= 11 is 0. The first-order valence-electron chi connectivity index (χ1n) is 26.7. The molecule has 14 heteroatoms. The smallest absolute Gasteiger partial charge is 0.220 e. The summed E-state index contributed by atoms with van der Waals surface area (Å²) in [6, 6.07) is -0.911. The van der Waals surface area contributed by atoms with E-state index in [-0.39, 0.29) is 18.9 Å². The molecule has 12 atom stereocenters. The van der Waals surface area contributed by atoms with Crippen molar-refractivity contribution in [2.45, 2.75) is 274 Å². The number of ether oxygens (including phenoxy) is 4. The molecule has 67 heavy (non-hydrogen) atoms. The Morgan fingerprint density at radius 2 is 0.985 bits per heavy atom. The minimum absolute atomic E-state index is 0.244. The van der Waals surface area contributed by atoms with Crippen LogP contribution in [0.25, 0.3) is 0 Å². The quantitative estimate of drug-likeness (QED) is 0.0214. The van der Waals surface area contributed by atoms with Crippen molar-refractivity contribution < 1.29 is 64.6 Å². The third-order valence-corrected chi connectivity index (χ3v) is 13.1. The summed E-state index contributed by atoms with van der Waals surface area (Å²) < 4.78 is 22.6. The summed E-state index contributed by atoms with van der Waals surface area (Å²) in [6.45, 7) is 2.72. The summed E-state index contributed by atoms with van der Waals surface area (Å²) in [5, 5.41) is 86.5. The standard InChI is InChI=1S/C53H97NO13/c1-3-5-7-9-11-13-14-15-16-17-18-19-20-21-22-23-24-25-26-27-28-29-31-33-35-37-45(58)54-41(42(57)36-34-32-30-12-10-8-6-4-2)40-64-52-50(63)48(61)51(44(39-56)66-52)67-53-49(62)47(60)46(59)43(38-55)65-53/h14-15,17-18,34,36,41-44,46-53,55-57,59-63H,3-13,16,19-33,35,37-40H2,1-2H3,(H,54,58)/b15-14-,18-17-,36-34+. The number of allylic oxidation sites excluding steroid dienone is 5. The Balaban J connectivity index is 1.70. The van der Waals surface area contributed by atoms with E-state index >= 15 is 0 Å². The number of carbonyl (C=O) groups is 1. The van der Waals surface area contributed by atoms with Gasteiger partial charge in [-0.05, 0) is 51.4 Å². The Kier molecular flexibility index (Phi) is 36.5. The minimum Gasteiger partial charge on any atom is -0.394 e. The average Bonchev–Trinajstić information content (AvgIpc) is 3.32. The van der Waals surface area contributed by atoms with E-state index in [0.29, 0.717) is 6.42 Å². The van der Waals surface area contributed by atoms with E-state index in [4.69, 9.17) is 18.9 Å². The zero-order valence-corrected chi connectivity index (χ0v) is 41.6. The average molecular weight is 956 g/mol. The number of aliphatic hydroxyl groups excluding tert-OH is 8. The van der Waals surface area contributed by atoms with Crippen LogP contribution in [-0.4, -0.2) is 140 Å². The third-order valence-electron chi connectivity index (χ3n) is 13.1. The van der Waals surface area contributed by atoms with Crippen molar-refractivity contribution in [2.75, 3.05) is 19.8 Å². The maximum Gasteiger partial charge on any atom is 0.220 e. The van der Waals surface area contributed by atoms with E-state index < -0.39 is 86.8 Å². The monoisotopic (exact) mass is 956 g/mol. The number of nitrogens with one attached hydrogen (secondary N) is 1. The molecule has 14 nitrogen and oxygen atoms in total. The third kappa shape index (κ3) is 26.8. The van der Waals surface area contributed by atoms with Gasteiger partial charge in [-0.15, -0.1) is 0 Å². The lowest BCUT2D eigenvalue weighted by Crippen LogP contribution is -2.65. The summed E-state index contributed by atoms with van der Waals surface area (Å²) in [6.07, 6.45) is 29.3. The minimum atomic E-state index is -1.79. The highest BCUT2D eigenvalue weighted by Crippen LogP contribution is 2.30. The molecule has 0 aliphatic carbocycles. The van der Waals surface area contributed by atoms with E-state index in [2.05, 4.69) is 43.5 Å². The number of hydrogen-bond donors (Lipinski definition) is 9. The maximum absolute atomic E-state index is 13.1. The Hall–Kier alpha value is -1.79. The molecule has 0 aromatic rings. The predicted molar refractivity (Wildman–Crippen MR) is 263 cm³/mol. The van der Waals surface area contributed by atoms with Gasteiger partial charge in [0.25, 0.3) is 0 Å². The van der Waals surface area contributed by atoms with Gasteiger partial charge in [-0.3, -0.25) is 4.79 Å². The predicted octanol–water partition coefficient (Wildman–Crippen LogP) is 7.49. The number of amides is 1. The molecule has 9 N–H and O–H groups in total. The SMILES string of the molecule is CCCCCCC/C=C\C/C=C\CCCCCCCCCCCCCCCC(=O)NC(COC1OC(CO)C(OC2OC(CO)C(O)C(O)C2O)C(O)C1O)C(O)/C=C/CCCCCCCC. The largest absolute Gasteiger partial charge is 0.394 e. The van der Waals surface area contributed by atoms with Gasteiger partial charge in [-0.1, -0.05) is 179 Å². The van der Waals surface area contributed by atoms with Crippen molar-refractivity contribution >= 4 is 5.91 Å². The highest BCUT2D eigenvalue weighted by molar-refractivity contribution is 5.76. The lowest BCUT2D eigenvalue weighted by atomic mass is 9.97. The molecule has 2 saturated heterocycles. The molecule has 0 bridgehead atoms. The van der Waals surface area contributed by atoms with Gasteiger partial charge < -0.3 is 65.1 Å². The second-order valence-corrected chi connectivity index (χ2v) is 19.0. The van der Waals surface area contributed by atoms with E-state index in [1.807, 2.05) is 6.08 Å². The van der Waals surface area contributed by atoms with Crippen molar-refractivity contribution in [3.63, 3.8) is 0 Å². The van der Waals surface area contributed by atoms with E-state index in [9.17, 15) is 45.6 Å². The first kappa shape index (κ1) is 61.3. The molecule has 392 valence electrons. The Bertz CT molecular complexity index is 1270. The van der Waals surface area contributed by atoms with Gasteiger partial charge >= 0.3 is 0 Å². The molecular formula is C53H97NO13. The highest BCUT2D eigenvalue weighted by Gasteiger charge is 2.51. The fraction of sp³-hybridized carbons (Fsp3) is 0.868. The molecule has 2 aliphatic rings. The van der Waals surface area contributed by atoms with Gasteiger partial charge in [-0.25, -0.2) is 0 Å². The summed E-state index contributed by atoms with van der Waals surface area (Å²) in [7, 11) is 0. The molecule has 2 fully saturated rings. The second kappa shape index (κ2) is 39.9. The van der Waals surface area contributed by atoms with Gasteiger partial charge in [0.05, 0.1) is 32.0 Å². The molecule has 0 saturated carbocycles. The van der Waals surface area contributed by atoms with Gasteiger partial charge in [0, 0.05) is 6.42 Å². The Labute approximate surface area is 404 Å². The van der Waals surface area contributed by atoms with E-state index in [1.54, 1.807) is 6.08 Å². The summed E-state index contributed by atoms with van der Waals surface area (Å²) in [5.74, 6) is -0.244. The molecule has 2 aliphatic heterocycles. The molecule has 12 unspecified atom stereocenters. The first-order chi connectivity index (χ1) is 32.6. The number of unbranched alkanes of at least 4 members (excludes halogenated alkanes) is 24. The fourth-order valence-corrected chi connectivity index (χ4v) is 8.67. The van der Waals surface area contributed by atoms with Crippen molar-refractivity contribution in [1.29, 1.82) is 0 Å². The molecule has 2 rings (SSSR count). The molecule has 0 aromatic carbocycles. The fourth-order valence-electron chi connectivity index (χ4n) is 8.67. The molecule has 1 amide bonds. The van der Waals surface area contributed by atoms with Gasteiger partial charge in [0.15, 0.2) is 12.6 Å². The maximum atomic E-state index is 13.1. The van der Waals surface area contributed by atoms with Crippen LogP contribution >= 0.6 is 0 Å². The van der Waals surface area contributed by atoms with Crippen LogP contribution in [0, 0.1) is 0 Å². The van der Waals surface area contributed by atoms with Crippen molar-refractivity contribution in [3.05, 3.63) is 36.5 Å². The zero-order valence-electron chi connectivity index (χ0n) is 41.6. The number of hydrogen-bond acceptors (Lipinski definition) is 13. The van der Waals surface area contributed by atoms with Crippen LogP contribution in [-0.2, 0) is 23.7 Å². The van der Waals surface area contributed by atoms with Crippen molar-refractivity contribution in [1.82, 2.24) is 5.32 Å². The van der Waals surface area contributed by atoms with Crippen LogP contribution in [0.2, 0.25) is 0 Å². The lowest BCUT2D eigenvalue weighted by Gasteiger charge is -2.46. The topological polar surface area (TPSA) is 228 Å². The van der Waals surface area contributed by atoms with E-state index in [1.165, 1.54) is 122 Å². The van der Waals surface area contributed by atoms with Crippen molar-refractivity contribution in [3.8, 4) is 0 Å². The van der Waals surface area contributed by atoms with Crippen LogP contribution in [0.4, 0.5) is 0 Å². The number of carbonyl (C=O) groups excluding carboxylic acids is 1. The molecule has 0 spiro atoms. The van der Waals surface area contributed by atoms with Gasteiger partial charge in [-0.2, -0.15) is 0 Å². The van der Waals surface area contributed by atoms with Crippen molar-refractivity contribution in [2.24, 2.45) is 0 Å². The van der Waals surface area contributed by atoms with Gasteiger partial charge in [0.1, 0.15) is 48.8 Å². The van der Waals surface area contributed by atoms with E-state index in [0.717, 1.165) is 51.4 Å². The summed E-state index contributed by atoms with van der Waals surface area (Å²) in [5.41, 5.74) is 0.